The molecule has 0 aliphatic rings. The minimum Gasteiger partial charge on any atom is -0.379 e. The number of alkyl halides is 3. The van der Waals surface area contributed by atoms with E-state index in [1.807, 2.05) is 29.5 Å². The average Bonchev–Trinajstić information content (AvgIpc) is 2.23. The summed E-state index contributed by atoms with van der Waals surface area (Å²) in [5, 5.41) is 0. The second-order valence-corrected chi connectivity index (χ2v) is 4.23. The second kappa shape index (κ2) is 6.96. The fourth-order valence-electron chi connectivity index (χ4n) is 1.09. The Labute approximate surface area is 104 Å². The Kier molecular flexibility index (Phi) is 7.19. The summed E-state index contributed by atoms with van der Waals surface area (Å²) in [7, 11) is 0. The first-order chi connectivity index (χ1) is 6.93. The molecule has 0 fully saturated rings. The molecule has 0 N–H and O–H groups in total. The van der Waals surface area contributed by atoms with Crippen LogP contribution < -0.4 is 0 Å². The van der Waals surface area contributed by atoms with Gasteiger partial charge in [0.15, 0.2) is 0 Å². The van der Waals surface area contributed by atoms with Gasteiger partial charge in [-0.3, -0.25) is 0 Å². The quantitative estimate of drug-likeness (QED) is 0.385. The Morgan fingerprint density at radius 1 is 1.20 bits per heavy atom. The van der Waals surface area contributed by atoms with Crippen molar-refractivity contribution in [2.45, 2.75) is 38.7 Å². The Balaban J connectivity index is 4.19. The fraction of sp³-hybridized carbons (Fsp3) is 1.00. The van der Waals surface area contributed by atoms with Gasteiger partial charge in [-0.25, -0.2) is 8.78 Å². The topological polar surface area (TPSA) is 18.5 Å². The molecule has 0 heterocycles. The molecule has 0 radical (unpaired) electrons. The molecule has 0 bridgehead atoms. The summed E-state index contributed by atoms with van der Waals surface area (Å²) in [5.74, 6) is -2.79. The van der Waals surface area contributed by atoms with Crippen molar-refractivity contribution in [3.8, 4) is 0 Å². The smallest absolute Gasteiger partial charge is 0.276 e. The minimum atomic E-state index is -2.79. The van der Waals surface area contributed by atoms with Crippen LogP contribution in [-0.4, -0.2) is 35.8 Å². The minimum absolute atomic E-state index is 0.207. The van der Waals surface area contributed by atoms with Crippen molar-refractivity contribution in [2.75, 3.05) is 24.2 Å². The van der Waals surface area contributed by atoms with Crippen molar-refractivity contribution < 1.29 is 18.3 Å². The summed E-state index contributed by atoms with van der Waals surface area (Å²) < 4.78 is 37.6. The van der Waals surface area contributed by atoms with Crippen LogP contribution in [0.3, 0.4) is 0 Å². The molecule has 0 amide bonds. The molecule has 92 valence electrons. The molecule has 2 nitrogen and oxygen atoms in total. The molecular weight excluding hydrogens is 317 g/mol. The van der Waals surface area contributed by atoms with Crippen molar-refractivity contribution in [1.82, 2.24) is 0 Å². The van der Waals surface area contributed by atoms with Crippen LogP contribution in [0.2, 0.25) is 0 Å². The lowest BCUT2D eigenvalue weighted by Crippen LogP contribution is -2.49. The zero-order valence-electron chi connectivity index (χ0n) is 9.49. The summed E-state index contributed by atoms with van der Waals surface area (Å²) in [6.07, 6.45) is -0.207. The van der Waals surface area contributed by atoms with Crippen LogP contribution in [-0.2, 0) is 9.47 Å². The number of rotatable bonds is 8. The third-order valence-corrected chi connectivity index (χ3v) is 3.78. The monoisotopic (exact) mass is 336 g/mol. The lowest BCUT2D eigenvalue weighted by atomic mass is 9.98. The van der Waals surface area contributed by atoms with E-state index in [1.54, 1.807) is 0 Å². The van der Waals surface area contributed by atoms with Crippen LogP contribution >= 0.6 is 22.6 Å². The van der Waals surface area contributed by atoms with Gasteiger partial charge in [0.1, 0.15) is 5.60 Å². The first kappa shape index (κ1) is 15.5. The van der Waals surface area contributed by atoms with E-state index in [-0.39, 0.29) is 17.5 Å². The Hall–Kier alpha value is 0.510. The predicted octanol–water partition coefficient (Wildman–Crippen LogP) is 3.28. The predicted molar refractivity (Wildman–Crippen MR) is 65.0 cm³/mol. The summed E-state index contributed by atoms with van der Waals surface area (Å²) in [4.78, 5) is 0. The van der Waals surface area contributed by atoms with Crippen molar-refractivity contribution in [2.24, 2.45) is 0 Å². The van der Waals surface area contributed by atoms with Crippen molar-refractivity contribution >= 4 is 22.6 Å². The first-order valence-electron chi connectivity index (χ1n) is 5.09. The fourth-order valence-corrected chi connectivity index (χ4v) is 1.86. The van der Waals surface area contributed by atoms with Crippen LogP contribution in [0.25, 0.3) is 0 Å². The van der Waals surface area contributed by atoms with Crippen LogP contribution in [0.15, 0.2) is 0 Å². The lowest BCUT2D eigenvalue weighted by Gasteiger charge is -2.35. The van der Waals surface area contributed by atoms with E-state index in [1.165, 1.54) is 13.8 Å². The zero-order valence-corrected chi connectivity index (χ0v) is 11.6. The maximum absolute atomic E-state index is 13.5. The van der Waals surface area contributed by atoms with Gasteiger partial charge >= 0.3 is 0 Å². The number of halogens is 3. The van der Waals surface area contributed by atoms with E-state index in [2.05, 4.69) is 0 Å². The molecule has 1 atom stereocenters. The molecule has 0 saturated heterocycles. The molecule has 1 unspecified atom stereocenters. The zero-order chi connectivity index (χ0) is 11.9. The van der Waals surface area contributed by atoms with Crippen molar-refractivity contribution in [1.29, 1.82) is 0 Å². The number of hydrogen-bond donors (Lipinski definition) is 0. The van der Waals surface area contributed by atoms with Gasteiger partial charge < -0.3 is 9.47 Å². The molecule has 15 heavy (non-hydrogen) atoms. The van der Waals surface area contributed by atoms with E-state index < -0.39 is 11.5 Å². The molecule has 0 aliphatic carbocycles. The summed E-state index contributed by atoms with van der Waals surface area (Å²) in [5.41, 5.74) is -1.39. The van der Waals surface area contributed by atoms with Gasteiger partial charge in [0.2, 0.25) is 0 Å². The molecule has 5 heteroatoms. The van der Waals surface area contributed by atoms with Crippen molar-refractivity contribution in [3.63, 3.8) is 0 Å². The Morgan fingerprint density at radius 2 is 1.80 bits per heavy atom. The summed E-state index contributed by atoms with van der Waals surface area (Å²) in [6.45, 7) is 5.93. The standard InChI is InChI=1S/C10H19F2IO2/c1-4-10(11,12)9(3,8-13)15-7-6-14-5-2/h4-8H2,1-3H3. The normalized spacial score (nSPS) is 16.4. The molecule has 0 aromatic carbocycles. The van der Waals surface area contributed by atoms with E-state index in [4.69, 9.17) is 9.47 Å². The molecule has 0 saturated carbocycles. The molecule has 0 aromatic rings. The highest BCUT2D eigenvalue weighted by Crippen LogP contribution is 2.36. The molecule has 0 rings (SSSR count). The van der Waals surface area contributed by atoms with Crippen LogP contribution in [0, 0.1) is 0 Å². The maximum atomic E-state index is 13.5. The SMILES string of the molecule is CCOCCOC(C)(CI)C(F)(F)CC. The van der Waals surface area contributed by atoms with E-state index in [0.29, 0.717) is 13.2 Å². The second-order valence-electron chi connectivity index (χ2n) is 3.47. The van der Waals surface area contributed by atoms with Gasteiger partial charge in [0, 0.05) is 17.5 Å². The molecule has 0 aromatic heterocycles. The van der Waals surface area contributed by atoms with Gasteiger partial charge in [-0.2, -0.15) is 0 Å². The van der Waals surface area contributed by atoms with Crippen LogP contribution in [0.1, 0.15) is 27.2 Å². The highest BCUT2D eigenvalue weighted by Gasteiger charge is 2.48. The molecule has 0 spiro atoms. The lowest BCUT2D eigenvalue weighted by molar-refractivity contribution is -0.192. The number of hydrogen-bond acceptors (Lipinski definition) is 2. The third kappa shape index (κ3) is 4.48. The van der Waals surface area contributed by atoms with E-state index in [9.17, 15) is 8.78 Å². The Bertz CT molecular complexity index is 179. The number of ether oxygens (including phenoxy) is 2. The highest BCUT2D eigenvalue weighted by atomic mass is 127. The van der Waals surface area contributed by atoms with Crippen LogP contribution in [0.4, 0.5) is 8.78 Å². The van der Waals surface area contributed by atoms with Gasteiger partial charge in [-0.15, -0.1) is 0 Å². The van der Waals surface area contributed by atoms with E-state index >= 15 is 0 Å². The largest absolute Gasteiger partial charge is 0.379 e. The van der Waals surface area contributed by atoms with Crippen LogP contribution in [0.5, 0.6) is 0 Å². The van der Waals surface area contributed by atoms with Gasteiger partial charge in [-0.1, -0.05) is 29.5 Å². The Morgan fingerprint density at radius 3 is 2.20 bits per heavy atom. The average molecular weight is 336 g/mol. The summed E-state index contributed by atoms with van der Waals surface area (Å²) in [6, 6.07) is 0. The molecular formula is C10H19F2IO2. The van der Waals surface area contributed by atoms with E-state index in [0.717, 1.165) is 0 Å². The summed E-state index contributed by atoms with van der Waals surface area (Å²) >= 11 is 1.93. The van der Waals surface area contributed by atoms with Gasteiger partial charge in [0.25, 0.3) is 5.92 Å². The maximum Gasteiger partial charge on any atom is 0.276 e. The first-order valence-corrected chi connectivity index (χ1v) is 6.61. The third-order valence-electron chi connectivity index (χ3n) is 2.33. The highest BCUT2D eigenvalue weighted by molar-refractivity contribution is 14.1. The van der Waals surface area contributed by atoms with Gasteiger partial charge in [0.05, 0.1) is 13.2 Å². The molecule has 0 aliphatic heterocycles. The van der Waals surface area contributed by atoms with Crippen molar-refractivity contribution in [3.05, 3.63) is 0 Å². The van der Waals surface area contributed by atoms with Gasteiger partial charge in [-0.05, 0) is 13.8 Å².